The lowest BCUT2D eigenvalue weighted by Crippen LogP contribution is -2.30. The Morgan fingerprint density at radius 1 is 1.38 bits per heavy atom. The van der Waals surface area contributed by atoms with Crippen LogP contribution in [-0.4, -0.2) is 28.5 Å². The molecule has 0 aromatic carbocycles. The number of nitrogens with one attached hydrogen (secondary N) is 2. The molecule has 0 spiro atoms. The third kappa shape index (κ3) is 3.84. The number of carbonyl (C=O) groups excluding carboxylic acids is 1. The fourth-order valence-electron chi connectivity index (χ4n) is 1.13. The average molecular weight is 222 g/mol. The first-order valence-electron chi connectivity index (χ1n) is 5.50. The Labute approximate surface area is 95.7 Å². The second-order valence-corrected chi connectivity index (χ2v) is 3.84. The Morgan fingerprint density at radius 2 is 2.12 bits per heavy atom. The monoisotopic (exact) mass is 222 g/mol. The summed E-state index contributed by atoms with van der Waals surface area (Å²) in [5.74, 6) is 0.507. The van der Waals surface area contributed by atoms with Crippen molar-refractivity contribution in [1.29, 1.82) is 0 Å². The molecule has 0 aliphatic heterocycles. The van der Waals surface area contributed by atoms with E-state index in [0.29, 0.717) is 11.5 Å². The van der Waals surface area contributed by atoms with E-state index >= 15 is 0 Å². The van der Waals surface area contributed by atoms with Crippen LogP contribution >= 0.6 is 0 Å². The quantitative estimate of drug-likeness (QED) is 0.791. The molecule has 1 rings (SSSR count). The van der Waals surface area contributed by atoms with Gasteiger partial charge in [-0.05, 0) is 20.3 Å². The van der Waals surface area contributed by atoms with Crippen molar-refractivity contribution in [2.24, 2.45) is 0 Å². The maximum absolute atomic E-state index is 11.5. The van der Waals surface area contributed by atoms with Gasteiger partial charge in [-0.15, -0.1) is 0 Å². The summed E-state index contributed by atoms with van der Waals surface area (Å²) in [6, 6.07) is 0.104. The molecule has 0 aliphatic carbocycles. The van der Waals surface area contributed by atoms with Crippen LogP contribution in [0.3, 0.4) is 0 Å². The molecule has 5 nitrogen and oxygen atoms in total. The van der Waals surface area contributed by atoms with Crippen molar-refractivity contribution in [3.63, 3.8) is 0 Å². The molecular formula is C11H18N4O. The molecule has 1 aromatic heterocycles. The average Bonchev–Trinajstić information content (AvgIpc) is 2.26. The number of hydrogen-bond acceptors (Lipinski definition) is 4. The summed E-state index contributed by atoms with van der Waals surface area (Å²) in [6.45, 7) is 6.74. The number of amides is 1. The zero-order valence-corrected chi connectivity index (χ0v) is 9.95. The summed E-state index contributed by atoms with van der Waals surface area (Å²) >= 11 is 0. The van der Waals surface area contributed by atoms with Crippen molar-refractivity contribution < 1.29 is 4.79 Å². The van der Waals surface area contributed by atoms with Crippen molar-refractivity contribution in [2.45, 2.75) is 33.2 Å². The minimum atomic E-state index is -0.190. The predicted octanol–water partition coefficient (Wildman–Crippen LogP) is 1.44. The van der Waals surface area contributed by atoms with Gasteiger partial charge in [-0.25, -0.2) is 9.97 Å². The molecule has 0 bridgehead atoms. The standard InChI is InChI=1S/C11H18N4O/c1-4-5-12-10-7-13-9(6-14-10)11(16)15-8(2)3/h6-8H,4-5H2,1-3H3,(H,12,14)(H,15,16). The van der Waals surface area contributed by atoms with E-state index in [1.54, 1.807) is 6.20 Å². The molecule has 0 atom stereocenters. The Hall–Kier alpha value is -1.65. The molecule has 1 aromatic rings. The van der Waals surface area contributed by atoms with E-state index in [4.69, 9.17) is 0 Å². The first kappa shape index (κ1) is 12.4. The summed E-state index contributed by atoms with van der Waals surface area (Å²) in [7, 11) is 0. The molecule has 16 heavy (non-hydrogen) atoms. The van der Waals surface area contributed by atoms with Gasteiger partial charge in [0.05, 0.1) is 12.4 Å². The molecule has 0 radical (unpaired) electrons. The molecule has 0 saturated heterocycles. The van der Waals surface area contributed by atoms with Gasteiger partial charge < -0.3 is 10.6 Å². The largest absolute Gasteiger partial charge is 0.369 e. The Bertz CT molecular complexity index is 334. The number of aromatic nitrogens is 2. The van der Waals surface area contributed by atoms with Gasteiger partial charge in [0.15, 0.2) is 0 Å². The van der Waals surface area contributed by atoms with E-state index in [0.717, 1.165) is 13.0 Å². The van der Waals surface area contributed by atoms with Crippen molar-refractivity contribution in [2.75, 3.05) is 11.9 Å². The fourth-order valence-corrected chi connectivity index (χ4v) is 1.13. The van der Waals surface area contributed by atoms with Crippen LogP contribution in [0.2, 0.25) is 0 Å². The Kier molecular flexibility index (Phi) is 4.69. The van der Waals surface area contributed by atoms with E-state index in [2.05, 4.69) is 27.5 Å². The Balaban J connectivity index is 2.60. The molecular weight excluding hydrogens is 204 g/mol. The van der Waals surface area contributed by atoms with Crippen LogP contribution in [0.25, 0.3) is 0 Å². The van der Waals surface area contributed by atoms with E-state index in [-0.39, 0.29) is 11.9 Å². The van der Waals surface area contributed by atoms with Crippen LogP contribution in [0.4, 0.5) is 5.82 Å². The van der Waals surface area contributed by atoms with E-state index in [9.17, 15) is 4.79 Å². The van der Waals surface area contributed by atoms with Crippen LogP contribution in [0, 0.1) is 0 Å². The molecule has 0 fully saturated rings. The first-order valence-corrected chi connectivity index (χ1v) is 5.50. The molecule has 0 unspecified atom stereocenters. The molecule has 5 heteroatoms. The number of nitrogens with zero attached hydrogens (tertiary/aromatic N) is 2. The first-order chi connectivity index (χ1) is 7.63. The lowest BCUT2D eigenvalue weighted by molar-refractivity contribution is 0.0937. The number of anilines is 1. The smallest absolute Gasteiger partial charge is 0.271 e. The summed E-state index contributed by atoms with van der Waals surface area (Å²) in [6.07, 6.45) is 4.08. The summed E-state index contributed by atoms with van der Waals surface area (Å²) < 4.78 is 0. The van der Waals surface area contributed by atoms with Gasteiger partial charge in [-0.3, -0.25) is 4.79 Å². The van der Waals surface area contributed by atoms with Gasteiger partial charge in [-0.2, -0.15) is 0 Å². The summed E-state index contributed by atoms with van der Waals surface area (Å²) in [4.78, 5) is 19.7. The molecule has 1 amide bonds. The summed E-state index contributed by atoms with van der Waals surface area (Å²) in [5, 5.41) is 5.86. The topological polar surface area (TPSA) is 66.9 Å². The summed E-state index contributed by atoms with van der Waals surface area (Å²) in [5.41, 5.74) is 0.343. The molecule has 0 saturated carbocycles. The minimum Gasteiger partial charge on any atom is -0.369 e. The predicted molar refractivity (Wildman–Crippen MR) is 63.4 cm³/mol. The van der Waals surface area contributed by atoms with Crippen LogP contribution in [0.1, 0.15) is 37.7 Å². The maximum atomic E-state index is 11.5. The number of carbonyl (C=O) groups is 1. The highest BCUT2D eigenvalue weighted by Crippen LogP contribution is 2.01. The van der Waals surface area contributed by atoms with Crippen molar-refractivity contribution in [3.8, 4) is 0 Å². The molecule has 0 aliphatic rings. The van der Waals surface area contributed by atoms with Gasteiger partial charge in [0.2, 0.25) is 0 Å². The maximum Gasteiger partial charge on any atom is 0.271 e. The lowest BCUT2D eigenvalue weighted by Gasteiger charge is -2.08. The van der Waals surface area contributed by atoms with Crippen molar-refractivity contribution >= 4 is 11.7 Å². The number of rotatable bonds is 5. The molecule has 1 heterocycles. The number of hydrogen-bond donors (Lipinski definition) is 2. The van der Waals surface area contributed by atoms with Gasteiger partial charge >= 0.3 is 0 Å². The molecule has 88 valence electrons. The highest BCUT2D eigenvalue weighted by Gasteiger charge is 2.08. The minimum absolute atomic E-state index is 0.104. The van der Waals surface area contributed by atoms with E-state index in [1.165, 1.54) is 6.20 Å². The Morgan fingerprint density at radius 3 is 2.62 bits per heavy atom. The van der Waals surface area contributed by atoms with Gasteiger partial charge in [0, 0.05) is 12.6 Å². The lowest BCUT2D eigenvalue weighted by atomic mass is 10.3. The normalized spacial score (nSPS) is 10.2. The third-order valence-corrected chi connectivity index (χ3v) is 1.86. The van der Waals surface area contributed by atoms with Crippen molar-refractivity contribution in [3.05, 3.63) is 18.1 Å². The van der Waals surface area contributed by atoms with Crippen LogP contribution < -0.4 is 10.6 Å². The molecule has 2 N–H and O–H groups in total. The van der Waals surface area contributed by atoms with E-state index < -0.39 is 0 Å². The van der Waals surface area contributed by atoms with Gasteiger partial charge in [0.1, 0.15) is 11.5 Å². The fraction of sp³-hybridized carbons (Fsp3) is 0.545. The van der Waals surface area contributed by atoms with Gasteiger partial charge in [-0.1, -0.05) is 6.92 Å². The van der Waals surface area contributed by atoms with Crippen LogP contribution in [0.15, 0.2) is 12.4 Å². The van der Waals surface area contributed by atoms with Crippen LogP contribution in [0.5, 0.6) is 0 Å². The third-order valence-electron chi connectivity index (χ3n) is 1.86. The highest BCUT2D eigenvalue weighted by atomic mass is 16.1. The van der Waals surface area contributed by atoms with Crippen molar-refractivity contribution in [1.82, 2.24) is 15.3 Å². The highest BCUT2D eigenvalue weighted by molar-refractivity contribution is 5.92. The van der Waals surface area contributed by atoms with Gasteiger partial charge in [0.25, 0.3) is 5.91 Å². The SMILES string of the molecule is CCCNc1cnc(C(=O)NC(C)C)cn1. The second-order valence-electron chi connectivity index (χ2n) is 3.84. The van der Waals surface area contributed by atoms with E-state index in [1.807, 2.05) is 13.8 Å². The van der Waals surface area contributed by atoms with Crippen LogP contribution in [-0.2, 0) is 0 Å². The zero-order valence-electron chi connectivity index (χ0n) is 9.95. The second kappa shape index (κ2) is 6.05. The zero-order chi connectivity index (χ0) is 12.0.